The van der Waals surface area contributed by atoms with E-state index >= 15 is 0 Å². The summed E-state index contributed by atoms with van der Waals surface area (Å²) < 4.78 is 5.72. The zero-order chi connectivity index (χ0) is 25.5. The number of likely N-dealkylation sites (tertiary alicyclic amines) is 2. The van der Waals surface area contributed by atoms with Crippen LogP contribution in [-0.4, -0.2) is 71.5 Å². The Kier molecular flexibility index (Phi) is 9.10. The fraction of sp³-hybridized carbons (Fsp3) is 0.679. The normalized spacial score (nSPS) is 23.7. The van der Waals surface area contributed by atoms with E-state index in [1.165, 1.54) is 19.3 Å². The molecule has 3 aliphatic rings. The number of urea groups is 1. The Morgan fingerprint density at radius 3 is 2.06 bits per heavy atom. The smallest absolute Gasteiger partial charge is 0.317 e. The second kappa shape index (κ2) is 12.5. The van der Waals surface area contributed by atoms with E-state index in [9.17, 15) is 14.4 Å². The van der Waals surface area contributed by atoms with E-state index in [0.29, 0.717) is 30.4 Å². The van der Waals surface area contributed by atoms with Crippen molar-refractivity contribution in [3.63, 3.8) is 0 Å². The van der Waals surface area contributed by atoms with Gasteiger partial charge in [0.15, 0.2) is 6.61 Å². The van der Waals surface area contributed by atoms with Gasteiger partial charge in [-0.3, -0.25) is 9.59 Å². The molecule has 4 rings (SSSR count). The number of rotatable bonds is 6. The molecule has 1 saturated carbocycles. The SMILES string of the molecule is CC1CCCC(C)N1C(=O)COc1ccc(C(=O)NC2CCN(C(=O)NC3CCCCC3)CC2)cc1. The lowest BCUT2D eigenvalue weighted by atomic mass is 9.95. The average Bonchev–Trinajstić information content (AvgIpc) is 2.88. The highest BCUT2D eigenvalue weighted by atomic mass is 16.5. The van der Waals surface area contributed by atoms with Crippen molar-refractivity contribution in [3.8, 4) is 5.75 Å². The number of piperidine rings is 2. The zero-order valence-corrected chi connectivity index (χ0v) is 21.8. The Hall–Kier alpha value is -2.77. The van der Waals surface area contributed by atoms with E-state index in [0.717, 1.165) is 44.9 Å². The molecule has 4 amide bonds. The number of amides is 4. The highest BCUT2D eigenvalue weighted by molar-refractivity contribution is 5.94. The van der Waals surface area contributed by atoms with Crippen molar-refractivity contribution in [1.82, 2.24) is 20.4 Å². The molecule has 1 aromatic carbocycles. The molecule has 0 bridgehead atoms. The van der Waals surface area contributed by atoms with E-state index in [4.69, 9.17) is 4.74 Å². The predicted octanol–water partition coefficient (Wildman–Crippen LogP) is 4.09. The largest absolute Gasteiger partial charge is 0.484 e. The monoisotopic (exact) mass is 498 g/mol. The van der Waals surface area contributed by atoms with Crippen LogP contribution in [0.5, 0.6) is 5.75 Å². The molecule has 1 aliphatic carbocycles. The number of nitrogens with one attached hydrogen (secondary N) is 2. The van der Waals surface area contributed by atoms with Gasteiger partial charge in [0.1, 0.15) is 5.75 Å². The molecule has 2 unspecified atom stereocenters. The van der Waals surface area contributed by atoms with Gasteiger partial charge in [0.05, 0.1) is 0 Å². The van der Waals surface area contributed by atoms with Gasteiger partial charge in [0.25, 0.3) is 11.8 Å². The molecule has 8 nitrogen and oxygen atoms in total. The molecule has 1 aromatic rings. The number of carbonyl (C=O) groups excluding carboxylic acids is 3. The minimum Gasteiger partial charge on any atom is -0.484 e. The van der Waals surface area contributed by atoms with Gasteiger partial charge < -0.3 is 25.2 Å². The first-order valence-corrected chi connectivity index (χ1v) is 13.8. The van der Waals surface area contributed by atoms with Gasteiger partial charge in [-0.05, 0) is 83.1 Å². The lowest BCUT2D eigenvalue weighted by molar-refractivity contribution is -0.139. The van der Waals surface area contributed by atoms with Crippen LogP contribution in [0.3, 0.4) is 0 Å². The van der Waals surface area contributed by atoms with Crippen molar-refractivity contribution in [1.29, 1.82) is 0 Å². The summed E-state index contributed by atoms with van der Waals surface area (Å²) in [5.41, 5.74) is 0.560. The van der Waals surface area contributed by atoms with Gasteiger partial charge in [0.2, 0.25) is 0 Å². The van der Waals surface area contributed by atoms with Crippen LogP contribution in [-0.2, 0) is 4.79 Å². The minimum absolute atomic E-state index is 0.00706. The number of hydrogen-bond acceptors (Lipinski definition) is 4. The first-order chi connectivity index (χ1) is 17.4. The molecule has 36 heavy (non-hydrogen) atoms. The highest BCUT2D eigenvalue weighted by Gasteiger charge is 2.29. The van der Waals surface area contributed by atoms with Crippen molar-refractivity contribution in [2.75, 3.05) is 19.7 Å². The second-order valence-electron chi connectivity index (χ2n) is 10.8. The number of ether oxygens (including phenoxy) is 1. The fourth-order valence-electron chi connectivity index (χ4n) is 5.84. The summed E-state index contributed by atoms with van der Waals surface area (Å²) in [4.78, 5) is 41.8. The topological polar surface area (TPSA) is 91.0 Å². The number of nitrogens with zero attached hydrogens (tertiary/aromatic N) is 2. The Morgan fingerprint density at radius 2 is 1.42 bits per heavy atom. The standard InChI is InChI=1S/C28H42N4O4/c1-20-7-6-8-21(2)32(20)26(33)19-36-25-13-11-22(12-14-25)27(34)29-24-15-17-31(18-16-24)28(35)30-23-9-4-3-5-10-23/h11-14,20-21,23-24H,3-10,15-19H2,1-2H3,(H,29,34)(H,30,35). The van der Waals surface area contributed by atoms with E-state index < -0.39 is 0 Å². The second-order valence-corrected chi connectivity index (χ2v) is 10.8. The summed E-state index contributed by atoms with van der Waals surface area (Å²) in [7, 11) is 0. The number of carbonyl (C=O) groups is 3. The lowest BCUT2D eigenvalue weighted by Crippen LogP contribution is -2.51. The Balaban J connectivity index is 1.18. The van der Waals surface area contributed by atoms with Crippen LogP contribution in [0.4, 0.5) is 4.79 Å². The molecule has 3 fully saturated rings. The molecule has 198 valence electrons. The number of hydrogen-bond donors (Lipinski definition) is 2. The molecular formula is C28H42N4O4. The van der Waals surface area contributed by atoms with Crippen LogP contribution in [0, 0.1) is 0 Å². The van der Waals surface area contributed by atoms with E-state index in [1.54, 1.807) is 24.3 Å². The summed E-state index contributed by atoms with van der Waals surface area (Å²) in [6.45, 7) is 5.50. The molecular weight excluding hydrogens is 456 g/mol. The van der Waals surface area contributed by atoms with Gasteiger partial charge in [-0.25, -0.2) is 4.79 Å². The first kappa shape index (κ1) is 26.3. The fourth-order valence-corrected chi connectivity index (χ4v) is 5.84. The minimum atomic E-state index is -0.126. The molecule has 2 atom stereocenters. The first-order valence-electron chi connectivity index (χ1n) is 13.8. The third-order valence-corrected chi connectivity index (χ3v) is 8.01. The highest BCUT2D eigenvalue weighted by Crippen LogP contribution is 2.23. The summed E-state index contributed by atoms with van der Waals surface area (Å²) in [6.07, 6.45) is 10.5. The summed E-state index contributed by atoms with van der Waals surface area (Å²) in [5, 5.41) is 6.28. The molecule has 0 spiro atoms. The molecule has 0 radical (unpaired) electrons. The maximum absolute atomic E-state index is 12.7. The maximum Gasteiger partial charge on any atom is 0.317 e. The zero-order valence-electron chi connectivity index (χ0n) is 21.8. The number of benzene rings is 1. The van der Waals surface area contributed by atoms with Crippen molar-refractivity contribution < 1.29 is 19.1 Å². The molecule has 0 aromatic heterocycles. The maximum atomic E-state index is 12.7. The van der Waals surface area contributed by atoms with Crippen molar-refractivity contribution in [2.24, 2.45) is 0 Å². The quantitative estimate of drug-likeness (QED) is 0.618. The Morgan fingerprint density at radius 1 is 0.806 bits per heavy atom. The predicted molar refractivity (Wildman–Crippen MR) is 139 cm³/mol. The van der Waals surface area contributed by atoms with E-state index in [-0.39, 0.29) is 42.6 Å². The van der Waals surface area contributed by atoms with Crippen LogP contribution >= 0.6 is 0 Å². The summed E-state index contributed by atoms with van der Waals surface area (Å²) in [6, 6.07) is 7.83. The van der Waals surface area contributed by atoms with E-state index in [1.807, 2.05) is 9.80 Å². The van der Waals surface area contributed by atoms with Crippen LogP contribution in [0.1, 0.15) is 88.4 Å². The molecule has 2 heterocycles. The van der Waals surface area contributed by atoms with Crippen molar-refractivity contribution >= 4 is 17.8 Å². The molecule has 8 heteroatoms. The summed E-state index contributed by atoms with van der Waals surface area (Å²) >= 11 is 0. The van der Waals surface area contributed by atoms with Gasteiger partial charge in [-0.15, -0.1) is 0 Å². The molecule has 2 saturated heterocycles. The summed E-state index contributed by atoms with van der Waals surface area (Å²) in [5.74, 6) is 0.462. The Labute approximate surface area is 215 Å². The third kappa shape index (κ3) is 6.92. The van der Waals surface area contributed by atoms with Crippen molar-refractivity contribution in [2.45, 2.75) is 102 Å². The van der Waals surface area contributed by atoms with Crippen molar-refractivity contribution in [3.05, 3.63) is 29.8 Å². The van der Waals surface area contributed by atoms with Crippen LogP contribution in [0.25, 0.3) is 0 Å². The molecule has 2 aliphatic heterocycles. The van der Waals surface area contributed by atoms with Gasteiger partial charge in [0, 0.05) is 42.8 Å². The lowest BCUT2D eigenvalue weighted by Gasteiger charge is -2.38. The van der Waals surface area contributed by atoms with Crippen LogP contribution < -0.4 is 15.4 Å². The Bertz CT molecular complexity index is 881. The average molecular weight is 499 g/mol. The van der Waals surface area contributed by atoms with Crippen LogP contribution in [0.2, 0.25) is 0 Å². The van der Waals surface area contributed by atoms with Crippen LogP contribution in [0.15, 0.2) is 24.3 Å². The molecule has 2 N–H and O–H groups in total. The third-order valence-electron chi connectivity index (χ3n) is 8.01. The van der Waals surface area contributed by atoms with Gasteiger partial charge in [-0.2, -0.15) is 0 Å². The van der Waals surface area contributed by atoms with Gasteiger partial charge in [-0.1, -0.05) is 19.3 Å². The van der Waals surface area contributed by atoms with E-state index in [2.05, 4.69) is 24.5 Å². The van der Waals surface area contributed by atoms with Gasteiger partial charge >= 0.3 is 6.03 Å².